The van der Waals surface area contributed by atoms with Crippen molar-refractivity contribution < 1.29 is 0 Å². The van der Waals surface area contributed by atoms with E-state index in [-0.39, 0.29) is 5.41 Å². The smallest absolute Gasteiger partial charge is 0.0134 e. The molecule has 0 heteroatoms. The van der Waals surface area contributed by atoms with Crippen molar-refractivity contribution in [2.45, 2.75) is 59.3 Å². The summed E-state index contributed by atoms with van der Waals surface area (Å²) in [6.45, 7) is 12.1. The first-order valence-corrected chi connectivity index (χ1v) is 9.05. The lowest BCUT2D eigenvalue weighted by Crippen LogP contribution is -2.51. The van der Waals surface area contributed by atoms with Gasteiger partial charge in [-0.25, -0.2) is 0 Å². The highest BCUT2D eigenvalue weighted by Gasteiger charge is 2.58. The van der Waals surface area contributed by atoms with Crippen LogP contribution in [0.3, 0.4) is 0 Å². The number of hydrogen-bond donors (Lipinski definition) is 0. The molecule has 4 rings (SSSR count). The van der Waals surface area contributed by atoms with E-state index in [0.29, 0.717) is 11.3 Å². The Morgan fingerprint density at radius 3 is 2.76 bits per heavy atom. The van der Waals surface area contributed by atoms with Crippen molar-refractivity contribution in [2.75, 3.05) is 0 Å². The van der Waals surface area contributed by atoms with Crippen molar-refractivity contribution >= 4 is 0 Å². The van der Waals surface area contributed by atoms with Gasteiger partial charge in [0.2, 0.25) is 0 Å². The van der Waals surface area contributed by atoms with Crippen LogP contribution in [0.15, 0.2) is 36.0 Å². The Kier molecular flexibility index (Phi) is 2.88. The van der Waals surface area contributed by atoms with Crippen LogP contribution in [-0.4, -0.2) is 0 Å². The second kappa shape index (κ2) is 4.37. The van der Waals surface area contributed by atoms with Gasteiger partial charge in [-0.2, -0.15) is 0 Å². The molecule has 0 aromatic heterocycles. The minimum Gasteiger partial charge on any atom is -0.0953 e. The van der Waals surface area contributed by atoms with E-state index in [1.807, 2.05) is 0 Å². The van der Waals surface area contributed by atoms with Gasteiger partial charge in [0.05, 0.1) is 0 Å². The standard InChI is InChI=1S/C21H30/c1-14-15(2)19-17-9-7-11-20(17,3)13-10-18(19)21(4)12-6-5-8-16(14)21/h6,8,12,15,17-19H,1,5,7,9-11,13H2,2-4H3/t15?,17-,18-,19-,20-,21-/m0/s1. The third kappa shape index (κ3) is 1.68. The zero-order chi connectivity index (χ0) is 14.8. The molecule has 0 radical (unpaired) electrons. The van der Waals surface area contributed by atoms with Gasteiger partial charge in [-0.15, -0.1) is 0 Å². The van der Waals surface area contributed by atoms with Gasteiger partial charge in [-0.3, -0.25) is 0 Å². The molecule has 6 atom stereocenters. The highest BCUT2D eigenvalue weighted by atomic mass is 14.6. The van der Waals surface area contributed by atoms with E-state index in [9.17, 15) is 0 Å². The molecule has 114 valence electrons. The number of hydrogen-bond acceptors (Lipinski definition) is 0. The van der Waals surface area contributed by atoms with E-state index in [0.717, 1.165) is 24.2 Å². The molecule has 4 aliphatic rings. The molecule has 0 saturated heterocycles. The Balaban J connectivity index is 1.81. The maximum Gasteiger partial charge on any atom is 0.0134 e. The first kappa shape index (κ1) is 13.9. The zero-order valence-corrected chi connectivity index (χ0v) is 14.0. The molecular weight excluding hydrogens is 252 g/mol. The fraction of sp³-hybridized carbons (Fsp3) is 0.714. The Morgan fingerprint density at radius 2 is 1.95 bits per heavy atom. The summed E-state index contributed by atoms with van der Waals surface area (Å²) in [6, 6.07) is 0. The van der Waals surface area contributed by atoms with Gasteiger partial charge in [0.1, 0.15) is 0 Å². The minimum absolute atomic E-state index is 0.274. The van der Waals surface area contributed by atoms with Crippen LogP contribution < -0.4 is 0 Å². The third-order valence-electron chi connectivity index (χ3n) is 7.86. The van der Waals surface area contributed by atoms with Crippen molar-refractivity contribution in [2.24, 2.45) is 34.5 Å². The van der Waals surface area contributed by atoms with Crippen molar-refractivity contribution in [3.8, 4) is 0 Å². The van der Waals surface area contributed by atoms with Crippen LogP contribution >= 0.6 is 0 Å². The van der Waals surface area contributed by atoms with Crippen LogP contribution in [0.1, 0.15) is 59.3 Å². The lowest BCUT2D eigenvalue weighted by atomic mass is 9.45. The Morgan fingerprint density at radius 1 is 1.14 bits per heavy atom. The molecular formula is C21H30. The van der Waals surface area contributed by atoms with Crippen LogP contribution in [0.25, 0.3) is 0 Å². The molecule has 0 bridgehead atoms. The predicted molar refractivity (Wildman–Crippen MR) is 89.9 cm³/mol. The van der Waals surface area contributed by atoms with E-state index in [1.165, 1.54) is 37.7 Å². The third-order valence-corrected chi connectivity index (χ3v) is 7.86. The summed E-state index contributed by atoms with van der Waals surface area (Å²) in [5.74, 6) is 3.33. The lowest BCUT2D eigenvalue weighted by molar-refractivity contribution is -0.0277. The molecule has 0 spiro atoms. The molecule has 0 nitrogen and oxygen atoms in total. The normalized spacial score (nSPS) is 52.0. The zero-order valence-electron chi connectivity index (χ0n) is 14.0. The van der Waals surface area contributed by atoms with Gasteiger partial charge in [0.25, 0.3) is 0 Å². The fourth-order valence-electron chi connectivity index (χ4n) is 6.67. The number of fused-ring (bicyclic) bond motifs is 5. The summed E-state index contributed by atoms with van der Waals surface area (Å²) in [7, 11) is 0. The molecule has 0 aromatic rings. The molecule has 0 heterocycles. The molecule has 21 heavy (non-hydrogen) atoms. The Labute approximate surface area is 130 Å². The first-order chi connectivity index (χ1) is 9.97. The first-order valence-electron chi connectivity index (χ1n) is 9.05. The molecule has 0 amide bonds. The van der Waals surface area contributed by atoms with Crippen molar-refractivity contribution in [3.63, 3.8) is 0 Å². The van der Waals surface area contributed by atoms with Gasteiger partial charge in [0.15, 0.2) is 0 Å². The lowest BCUT2D eigenvalue weighted by Gasteiger charge is -2.59. The van der Waals surface area contributed by atoms with Gasteiger partial charge >= 0.3 is 0 Å². The van der Waals surface area contributed by atoms with E-state index < -0.39 is 0 Å². The van der Waals surface area contributed by atoms with E-state index in [4.69, 9.17) is 0 Å². The highest BCUT2D eigenvalue weighted by Crippen LogP contribution is 2.66. The largest absolute Gasteiger partial charge is 0.0953 e. The molecule has 0 N–H and O–H groups in total. The van der Waals surface area contributed by atoms with Gasteiger partial charge in [-0.05, 0) is 72.3 Å². The second-order valence-corrected chi connectivity index (χ2v) is 8.73. The molecule has 4 aliphatic carbocycles. The van der Waals surface area contributed by atoms with Crippen molar-refractivity contribution in [1.82, 2.24) is 0 Å². The molecule has 0 aliphatic heterocycles. The Bertz CT molecular complexity index is 536. The van der Waals surface area contributed by atoms with Crippen molar-refractivity contribution in [3.05, 3.63) is 36.0 Å². The van der Waals surface area contributed by atoms with Gasteiger partial charge in [-0.1, -0.05) is 52.0 Å². The van der Waals surface area contributed by atoms with Gasteiger partial charge < -0.3 is 0 Å². The van der Waals surface area contributed by atoms with Crippen LogP contribution in [0.2, 0.25) is 0 Å². The maximum atomic E-state index is 4.55. The topological polar surface area (TPSA) is 0 Å². The summed E-state index contributed by atoms with van der Waals surface area (Å²) in [6.07, 6.45) is 15.8. The summed E-state index contributed by atoms with van der Waals surface area (Å²) in [4.78, 5) is 0. The monoisotopic (exact) mass is 282 g/mol. The highest BCUT2D eigenvalue weighted by molar-refractivity contribution is 5.46. The number of allylic oxidation sites excluding steroid dienone is 5. The quantitative estimate of drug-likeness (QED) is 0.484. The summed E-state index contributed by atoms with van der Waals surface area (Å²) < 4.78 is 0. The molecule has 1 unspecified atom stereocenters. The number of rotatable bonds is 0. The maximum absolute atomic E-state index is 4.55. The average molecular weight is 282 g/mol. The van der Waals surface area contributed by atoms with Crippen LogP contribution in [-0.2, 0) is 0 Å². The van der Waals surface area contributed by atoms with E-state index in [1.54, 1.807) is 5.57 Å². The van der Waals surface area contributed by atoms with Gasteiger partial charge in [0, 0.05) is 5.41 Å². The summed E-state index contributed by atoms with van der Waals surface area (Å²) in [5, 5.41) is 0. The summed E-state index contributed by atoms with van der Waals surface area (Å²) in [5.41, 5.74) is 3.95. The van der Waals surface area contributed by atoms with Crippen LogP contribution in [0.5, 0.6) is 0 Å². The van der Waals surface area contributed by atoms with E-state index in [2.05, 4.69) is 45.6 Å². The van der Waals surface area contributed by atoms with Crippen LogP contribution in [0, 0.1) is 34.5 Å². The summed E-state index contributed by atoms with van der Waals surface area (Å²) >= 11 is 0. The van der Waals surface area contributed by atoms with E-state index >= 15 is 0 Å². The molecule has 3 fully saturated rings. The molecule has 3 saturated carbocycles. The average Bonchev–Trinajstić information content (AvgIpc) is 2.86. The fourth-order valence-corrected chi connectivity index (χ4v) is 6.67. The minimum atomic E-state index is 0.274. The SMILES string of the molecule is C=C1C2=CCC=C[C@]2(C)[C@H]2CC[C@]3(C)CCC[C@H]3[C@@H]2C1C. The second-order valence-electron chi connectivity index (χ2n) is 8.73. The molecule has 0 aromatic carbocycles. The van der Waals surface area contributed by atoms with Crippen molar-refractivity contribution in [1.29, 1.82) is 0 Å². The Hall–Kier alpha value is -0.780. The van der Waals surface area contributed by atoms with Crippen LogP contribution in [0.4, 0.5) is 0 Å². The predicted octanol–water partition coefficient (Wildman–Crippen LogP) is 5.92.